The molecule has 0 amide bonds. The fourth-order valence-electron chi connectivity index (χ4n) is 3.26. The van der Waals surface area contributed by atoms with E-state index in [4.69, 9.17) is 4.74 Å². The van der Waals surface area contributed by atoms with Gasteiger partial charge in [0.15, 0.2) is 5.96 Å². The third kappa shape index (κ3) is 4.19. The van der Waals surface area contributed by atoms with Crippen molar-refractivity contribution in [3.05, 3.63) is 64.7 Å². The summed E-state index contributed by atoms with van der Waals surface area (Å²) < 4.78 is 19.8. The van der Waals surface area contributed by atoms with Gasteiger partial charge >= 0.3 is 0 Å². The number of guanidine groups is 1. The Bertz CT molecular complexity index is 793. The van der Waals surface area contributed by atoms with E-state index in [1.807, 2.05) is 0 Å². The predicted octanol–water partition coefficient (Wildman–Crippen LogP) is 2.99. The van der Waals surface area contributed by atoms with Crippen molar-refractivity contribution in [3.63, 3.8) is 0 Å². The molecule has 6 heteroatoms. The summed E-state index contributed by atoms with van der Waals surface area (Å²) in [5.74, 6) is 0.415. The average molecular weight is 356 g/mol. The molecule has 0 radical (unpaired) electrons. The van der Waals surface area contributed by atoms with Crippen LogP contribution in [-0.4, -0.2) is 42.6 Å². The summed E-state index contributed by atoms with van der Waals surface area (Å²) in [6.07, 6.45) is 1.59. The van der Waals surface area contributed by atoms with Crippen molar-refractivity contribution in [2.45, 2.75) is 26.5 Å². The molecule has 2 aromatic rings. The van der Waals surface area contributed by atoms with Crippen LogP contribution in [0.4, 0.5) is 4.39 Å². The number of halogens is 1. The average Bonchev–Trinajstić information content (AvgIpc) is 2.64. The largest absolute Gasteiger partial charge is 0.370 e. The second-order valence-electron chi connectivity index (χ2n) is 6.50. The topological polar surface area (TPSA) is 49.8 Å². The normalized spacial score (nSPS) is 18.1. The SMILES string of the molecule is CN=C(NCc1ncccc1F)N1CCOC(c2ccc(C)cc2C)C1. The highest BCUT2D eigenvalue weighted by Gasteiger charge is 2.25. The molecule has 0 saturated carbocycles. The number of morpholine rings is 1. The number of nitrogens with one attached hydrogen (secondary N) is 1. The minimum absolute atomic E-state index is 0.00511. The van der Waals surface area contributed by atoms with Crippen LogP contribution in [-0.2, 0) is 11.3 Å². The number of benzene rings is 1. The third-order valence-electron chi connectivity index (χ3n) is 4.60. The summed E-state index contributed by atoms with van der Waals surface area (Å²) in [5.41, 5.74) is 4.06. The van der Waals surface area contributed by atoms with Gasteiger partial charge in [0.25, 0.3) is 0 Å². The molecule has 0 aliphatic carbocycles. The highest BCUT2D eigenvalue weighted by atomic mass is 19.1. The van der Waals surface area contributed by atoms with Crippen LogP contribution in [0.15, 0.2) is 41.5 Å². The van der Waals surface area contributed by atoms with Gasteiger partial charge in [-0.25, -0.2) is 4.39 Å². The Balaban J connectivity index is 1.68. The van der Waals surface area contributed by atoms with E-state index >= 15 is 0 Å². The number of aromatic nitrogens is 1. The Kier molecular flexibility index (Phi) is 5.83. The number of aryl methyl sites for hydroxylation is 2. The van der Waals surface area contributed by atoms with Crippen molar-refractivity contribution in [2.24, 2.45) is 4.99 Å². The van der Waals surface area contributed by atoms with Gasteiger partial charge in [0.05, 0.1) is 25.4 Å². The van der Waals surface area contributed by atoms with Gasteiger partial charge in [0.1, 0.15) is 11.9 Å². The highest BCUT2D eigenvalue weighted by molar-refractivity contribution is 5.80. The molecule has 3 rings (SSSR count). The third-order valence-corrected chi connectivity index (χ3v) is 4.60. The summed E-state index contributed by atoms with van der Waals surface area (Å²) in [7, 11) is 1.73. The second-order valence-corrected chi connectivity index (χ2v) is 6.50. The fraction of sp³-hybridized carbons (Fsp3) is 0.400. The standard InChI is InChI=1S/C20H25FN4O/c1-14-6-7-16(15(2)11-14)19-13-25(9-10-26-19)20(22-3)24-12-18-17(21)5-4-8-23-18/h4-8,11,19H,9-10,12-13H2,1-3H3,(H,22,24). The smallest absolute Gasteiger partial charge is 0.194 e. The Labute approximate surface area is 153 Å². The molecule has 1 aromatic heterocycles. The van der Waals surface area contributed by atoms with E-state index in [1.54, 1.807) is 19.3 Å². The zero-order valence-corrected chi connectivity index (χ0v) is 15.5. The lowest BCUT2D eigenvalue weighted by Crippen LogP contribution is -2.48. The van der Waals surface area contributed by atoms with Crippen LogP contribution < -0.4 is 5.32 Å². The number of hydrogen-bond donors (Lipinski definition) is 1. The first kappa shape index (κ1) is 18.3. The Morgan fingerprint density at radius 1 is 1.38 bits per heavy atom. The lowest BCUT2D eigenvalue weighted by atomic mass is 10.00. The first-order valence-corrected chi connectivity index (χ1v) is 8.82. The molecule has 5 nitrogen and oxygen atoms in total. The van der Waals surface area contributed by atoms with Crippen molar-refractivity contribution >= 4 is 5.96 Å². The van der Waals surface area contributed by atoms with E-state index in [-0.39, 0.29) is 11.9 Å². The highest BCUT2D eigenvalue weighted by Crippen LogP contribution is 2.25. The van der Waals surface area contributed by atoms with Crippen molar-refractivity contribution in [1.29, 1.82) is 0 Å². The van der Waals surface area contributed by atoms with Crippen molar-refractivity contribution in [1.82, 2.24) is 15.2 Å². The maximum absolute atomic E-state index is 13.8. The van der Waals surface area contributed by atoms with Gasteiger partial charge in [-0.2, -0.15) is 0 Å². The molecule has 1 saturated heterocycles. The maximum atomic E-state index is 13.8. The molecule has 1 N–H and O–H groups in total. The van der Waals surface area contributed by atoms with Gasteiger partial charge in [-0.3, -0.25) is 9.98 Å². The molecule has 1 aromatic carbocycles. The Morgan fingerprint density at radius 2 is 2.23 bits per heavy atom. The van der Waals surface area contributed by atoms with Crippen molar-refractivity contribution < 1.29 is 9.13 Å². The van der Waals surface area contributed by atoms with Crippen LogP contribution in [0.25, 0.3) is 0 Å². The molecule has 138 valence electrons. The molecule has 1 aliphatic rings. The first-order chi connectivity index (χ1) is 12.6. The van der Waals surface area contributed by atoms with E-state index in [0.29, 0.717) is 25.4 Å². The number of ether oxygens (including phenoxy) is 1. The maximum Gasteiger partial charge on any atom is 0.194 e. The summed E-state index contributed by atoms with van der Waals surface area (Å²) in [5, 5.41) is 3.21. The van der Waals surface area contributed by atoms with Crippen LogP contribution in [0.1, 0.15) is 28.5 Å². The van der Waals surface area contributed by atoms with E-state index in [2.05, 4.69) is 52.2 Å². The number of rotatable bonds is 3. The molecular formula is C20H25FN4O. The first-order valence-electron chi connectivity index (χ1n) is 8.82. The molecule has 0 spiro atoms. The molecular weight excluding hydrogens is 331 g/mol. The fourth-order valence-corrected chi connectivity index (χ4v) is 3.26. The quantitative estimate of drug-likeness (QED) is 0.679. The van der Waals surface area contributed by atoms with E-state index < -0.39 is 0 Å². The van der Waals surface area contributed by atoms with Gasteiger partial charge in [-0.15, -0.1) is 0 Å². The summed E-state index contributed by atoms with van der Waals surface area (Å²) >= 11 is 0. The van der Waals surface area contributed by atoms with Gasteiger partial charge in [-0.1, -0.05) is 23.8 Å². The van der Waals surface area contributed by atoms with Crippen LogP contribution in [0.2, 0.25) is 0 Å². The van der Waals surface area contributed by atoms with Crippen LogP contribution >= 0.6 is 0 Å². The van der Waals surface area contributed by atoms with Gasteiger partial charge in [0, 0.05) is 19.8 Å². The minimum Gasteiger partial charge on any atom is -0.370 e. The summed E-state index contributed by atoms with van der Waals surface area (Å²) in [4.78, 5) is 10.6. The number of pyridine rings is 1. The number of hydrogen-bond acceptors (Lipinski definition) is 3. The second kappa shape index (κ2) is 8.27. The Hall–Kier alpha value is -2.47. The van der Waals surface area contributed by atoms with E-state index in [0.717, 1.165) is 12.5 Å². The summed E-state index contributed by atoms with van der Waals surface area (Å²) in [6, 6.07) is 9.43. The lowest BCUT2D eigenvalue weighted by Gasteiger charge is -2.35. The molecule has 1 aliphatic heterocycles. The molecule has 1 atom stereocenters. The van der Waals surface area contributed by atoms with E-state index in [1.165, 1.54) is 22.8 Å². The number of nitrogens with zero attached hydrogens (tertiary/aromatic N) is 3. The van der Waals surface area contributed by atoms with Gasteiger partial charge < -0.3 is 15.0 Å². The Morgan fingerprint density at radius 3 is 2.96 bits per heavy atom. The molecule has 1 fully saturated rings. The molecule has 26 heavy (non-hydrogen) atoms. The molecule has 0 bridgehead atoms. The number of aliphatic imine (C=N–C) groups is 1. The molecule has 2 heterocycles. The van der Waals surface area contributed by atoms with Crippen LogP contribution in [0, 0.1) is 19.7 Å². The zero-order valence-electron chi connectivity index (χ0n) is 15.5. The summed E-state index contributed by atoms with van der Waals surface area (Å²) in [6.45, 7) is 6.57. The van der Waals surface area contributed by atoms with Crippen LogP contribution in [0.5, 0.6) is 0 Å². The minimum atomic E-state index is -0.314. The van der Waals surface area contributed by atoms with Crippen molar-refractivity contribution in [3.8, 4) is 0 Å². The van der Waals surface area contributed by atoms with Crippen molar-refractivity contribution in [2.75, 3.05) is 26.7 Å². The lowest BCUT2D eigenvalue weighted by molar-refractivity contribution is -0.00835. The van der Waals surface area contributed by atoms with Gasteiger partial charge in [-0.05, 0) is 37.1 Å². The van der Waals surface area contributed by atoms with Crippen LogP contribution in [0.3, 0.4) is 0 Å². The van der Waals surface area contributed by atoms with E-state index in [9.17, 15) is 4.39 Å². The molecule has 1 unspecified atom stereocenters. The predicted molar refractivity (Wildman–Crippen MR) is 101 cm³/mol. The zero-order chi connectivity index (χ0) is 18.5. The van der Waals surface area contributed by atoms with Gasteiger partial charge in [0.2, 0.25) is 0 Å². The monoisotopic (exact) mass is 356 g/mol.